The van der Waals surface area contributed by atoms with Gasteiger partial charge in [0, 0.05) is 34.9 Å². The van der Waals surface area contributed by atoms with E-state index >= 15 is 0 Å². The highest BCUT2D eigenvalue weighted by Crippen LogP contribution is 2.21. The van der Waals surface area contributed by atoms with E-state index in [4.69, 9.17) is 5.73 Å². The van der Waals surface area contributed by atoms with Crippen molar-refractivity contribution >= 4 is 26.5 Å². The molecule has 1 aromatic rings. The number of nitrogen functional groups attached to an aromatic ring is 1. The van der Waals surface area contributed by atoms with Crippen molar-refractivity contribution in [3.05, 3.63) is 23.8 Å². The maximum Gasteiger partial charge on any atom is 0.243 e. The molecule has 0 fully saturated rings. The van der Waals surface area contributed by atoms with Crippen LogP contribution in [0.1, 0.15) is 13.3 Å². The van der Waals surface area contributed by atoms with E-state index in [1.807, 2.05) is 0 Å². The molecule has 0 amide bonds. The molecule has 0 saturated heterocycles. The molecular formula is C11H16F2N2O3S2. The molecule has 0 heterocycles. The van der Waals surface area contributed by atoms with Gasteiger partial charge in [-0.15, -0.1) is 0 Å². The molecule has 0 bridgehead atoms. The maximum absolute atomic E-state index is 13.5. The molecule has 1 aromatic carbocycles. The lowest BCUT2D eigenvalue weighted by molar-refractivity contribution is 0.532. The minimum absolute atomic E-state index is 0.317. The molecule has 9 heteroatoms. The third-order valence-corrected chi connectivity index (χ3v) is 4.95. The van der Waals surface area contributed by atoms with Crippen LogP contribution in [0.5, 0.6) is 0 Å². The summed E-state index contributed by atoms with van der Waals surface area (Å²) in [4.78, 5) is -0.708. The molecule has 3 N–H and O–H groups in total. The molecule has 0 aliphatic rings. The van der Waals surface area contributed by atoms with E-state index in [0.29, 0.717) is 18.2 Å². The summed E-state index contributed by atoms with van der Waals surface area (Å²) in [6.45, 7) is 1.56. The molecular weight excluding hydrogens is 310 g/mol. The van der Waals surface area contributed by atoms with Crippen LogP contribution in [-0.4, -0.2) is 30.7 Å². The highest BCUT2D eigenvalue weighted by atomic mass is 32.2. The van der Waals surface area contributed by atoms with Crippen molar-refractivity contribution in [2.24, 2.45) is 0 Å². The molecule has 2 unspecified atom stereocenters. The Morgan fingerprint density at radius 2 is 1.95 bits per heavy atom. The lowest BCUT2D eigenvalue weighted by Crippen LogP contribution is -2.34. The van der Waals surface area contributed by atoms with E-state index in [9.17, 15) is 21.4 Å². The van der Waals surface area contributed by atoms with Crippen molar-refractivity contribution in [1.82, 2.24) is 4.72 Å². The summed E-state index contributed by atoms with van der Waals surface area (Å²) in [5.41, 5.74) is 4.79. The Kier molecular flexibility index (Phi) is 5.60. The number of halogens is 2. The monoisotopic (exact) mass is 326 g/mol. The molecule has 0 spiro atoms. The maximum atomic E-state index is 13.5. The number of rotatable bonds is 6. The molecule has 0 aliphatic heterocycles. The van der Waals surface area contributed by atoms with Crippen molar-refractivity contribution in [3.63, 3.8) is 0 Å². The second-order valence-corrected chi connectivity index (χ2v) is 7.63. The van der Waals surface area contributed by atoms with Crippen LogP contribution in [0.25, 0.3) is 0 Å². The van der Waals surface area contributed by atoms with Gasteiger partial charge in [0.05, 0.1) is 5.69 Å². The van der Waals surface area contributed by atoms with E-state index < -0.39 is 49.1 Å². The third-order valence-electron chi connectivity index (χ3n) is 2.54. The van der Waals surface area contributed by atoms with Crippen LogP contribution >= 0.6 is 0 Å². The van der Waals surface area contributed by atoms with E-state index in [2.05, 4.69) is 4.72 Å². The molecule has 0 saturated carbocycles. The lowest BCUT2D eigenvalue weighted by Gasteiger charge is -2.14. The zero-order valence-electron chi connectivity index (χ0n) is 11.0. The highest BCUT2D eigenvalue weighted by Gasteiger charge is 2.23. The van der Waals surface area contributed by atoms with Crippen LogP contribution in [-0.2, 0) is 20.8 Å². The summed E-state index contributed by atoms with van der Waals surface area (Å²) in [5, 5.41) is 0. The fourth-order valence-corrected chi connectivity index (χ4v) is 3.54. The van der Waals surface area contributed by atoms with E-state index in [1.165, 1.54) is 6.26 Å². The van der Waals surface area contributed by atoms with Crippen LogP contribution in [0, 0.1) is 11.6 Å². The number of nitrogens with two attached hydrogens (primary N) is 1. The Labute approximate surface area is 119 Å². The number of nitrogens with one attached hydrogen (secondary N) is 1. The Hall–Kier alpha value is -1.06. The zero-order valence-corrected chi connectivity index (χ0v) is 12.7. The average Bonchev–Trinajstić information content (AvgIpc) is 2.30. The van der Waals surface area contributed by atoms with Crippen molar-refractivity contribution in [1.29, 1.82) is 0 Å². The summed E-state index contributed by atoms with van der Waals surface area (Å²) in [6, 6.07) is 0.627. The Bertz CT molecular complexity index is 620. The van der Waals surface area contributed by atoms with Gasteiger partial charge in [-0.05, 0) is 19.4 Å². The van der Waals surface area contributed by atoms with Gasteiger partial charge in [-0.1, -0.05) is 0 Å². The van der Waals surface area contributed by atoms with Crippen LogP contribution in [0.3, 0.4) is 0 Å². The number of sulfonamides is 1. The van der Waals surface area contributed by atoms with Gasteiger partial charge in [0.1, 0.15) is 16.5 Å². The van der Waals surface area contributed by atoms with Gasteiger partial charge in [0.2, 0.25) is 10.0 Å². The molecule has 1 rings (SSSR count). The Balaban J connectivity index is 2.94. The largest absolute Gasteiger partial charge is 0.396 e. The van der Waals surface area contributed by atoms with Crippen molar-refractivity contribution < 1.29 is 21.4 Å². The summed E-state index contributed by atoms with van der Waals surface area (Å²) in [5.74, 6) is -1.91. The van der Waals surface area contributed by atoms with Crippen LogP contribution in [0.4, 0.5) is 14.5 Å². The zero-order chi connectivity index (χ0) is 15.5. The van der Waals surface area contributed by atoms with Crippen molar-refractivity contribution in [3.8, 4) is 0 Å². The first-order valence-corrected chi connectivity index (χ1v) is 8.91. The second kappa shape index (κ2) is 6.59. The molecule has 0 aromatic heterocycles. The molecule has 114 valence electrons. The fraction of sp³-hybridized carbons (Fsp3) is 0.455. The molecule has 2 atom stereocenters. The SMILES string of the molecule is CC(CCS(C)=O)NS(=O)(=O)c1cc(N)c(F)cc1F. The molecule has 0 aliphatic carbocycles. The number of anilines is 1. The summed E-state index contributed by atoms with van der Waals surface area (Å²) < 4.78 is 63.6. The van der Waals surface area contributed by atoms with Gasteiger partial charge in [-0.25, -0.2) is 21.9 Å². The Morgan fingerprint density at radius 3 is 2.50 bits per heavy atom. The van der Waals surface area contributed by atoms with Crippen LogP contribution in [0.2, 0.25) is 0 Å². The van der Waals surface area contributed by atoms with Gasteiger partial charge >= 0.3 is 0 Å². The van der Waals surface area contributed by atoms with Crippen LogP contribution < -0.4 is 10.5 Å². The smallest absolute Gasteiger partial charge is 0.243 e. The first kappa shape index (κ1) is 17.0. The van der Waals surface area contributed by atoms with E-state index in [0.717, 1.165) is 6.07 Å². The van der Waals surface area contributed by atoms with Gasteiger partial charge < -0.3 is 5.73 Å². The standard InChI is InChI=1S/C11H16F2N2O3S2/c1-7(3-4-19(2)16)15-20(17,18)11-6-10(14)8(12)5-9(11)13/h5-7,15H,3-4,14H2,1-2H3. The topological polar surface area (TPSA) is 89.3 Å². The summed E-state index contributed by atoms with van der Waals surface area (Å²) in [6.07, 6.45) is 1.84. The van der Waals surface area contributed by atoms with E-state index in [1.54, 1.807) is 6.92 Å². The van der Waals surface area contributed by atoms with Gasteiger partial charge in [0.25, 0.3) is 0 Å². The predicted molar refractivity (Wildman–Crippen MR) is 74.1 cm³/mol. The average molecular weight is 326 g/mol. The van der Waals surface area contributed by atoms with Gasteiger partial charge in [-0.2, -0.15) is 0 Å². The second-order valence-electron chi connectivity index (χ2n) is 4.39. The predicted octanol–water partition coefficient (Wildman–Crippen LogP) is 0.982. The highest BCUT2D eigenvalue weighted by molar-refractivity contribution is 7.89. The summed E-state index contributed by atoms with van der Waals surface area (Å²) in [7, 11) is -5.20. The van der Waals surface area contributed by atoms with Crippen LogP contribution in [0.15, 0.2) is 17.0 Å². The minimum Gasteiger partial charge on any atom is -0.396 e. The first-order valence-electron chi connectivity index (χ1n) is 5.70. The van der Waals surface area contributed by atoms with Crippen molar-refractivity contribution in [2.45, 2.75) is 24.3 Å². The quantitative estimate of drug-likeness (QED) is 0.763. The molecule has 0 radical (unpaired) electrons. The first-order chi connectivity index (χ1) is 9.13. The molecule has 5 nitrogen and oxygen atoms in total. The minimum atomic E-state index is -4.15. The molecule has 20 heavy (non-hydrogen) atoms. The lowest BCUT2D eigenvalue weighted by atomic mass is 10.3. The van der Waals surface area contributed by atoms with Gasteiger partial charge in [-0.3, -0.25) is 4.21 Å². The Morgan fingerprint density at radius 1 is 1.35 bits per heavy atom. The van der Waals surface area contributed by atoms with E-state index in [-0.39, 0.29) is 0 Å². The number of hydrogen-bond donors (Lipinski definition) is 2. The third kappa shape index (κ3) is 4.50. The summed E-state index contributed by atoms with van der Waals surface area (Å²) >= 11 is 0. The fourth-order valence-electron chi connectivity index (χ4n) is 1.48. The number of benzene rings is 1. The van der Waals surface area contributed by atoms with Gasteiger partial charge in [0.15, 0.2) is 0 Å². The van der Waals surface area contributed by atoms with Crippen molar-refractivity contribution in [2.75, 3.05) is 17.7 Å². The normalized spacial score (nSPS) is 15.0. The number of hydrogen-bond acceptors (Lipinski definition) is 4.